The lowest BCUT2D eigenvalue weighted by Crippen LogP contribution is -1.96. The Bertz CT molecular complexity index is 808. The molecule has 0 fully saturated rings. The first-order valence-electron chi connectivity index (χ1n) is 6.94. The standard InChI is InChI=1S/C18H17BrN2/c1-11-8-12(2)18-16(9-11)17(10-13(3)20-18)21-15-6-4-14(19)5-7-15/h4-10H,1-3H3,(H,20,21). The summed E-state index contributed by atoms with van der Waals surface area (Å²) in [6.45, 7) is 6.27. The Kier molecular flexibility index (Phi) is 3.68. The largest absolute Gasteiger partial charge is 0.355 e. The maximum absolute atomic E-state index is 4.69. The Morgan fingerprint density at radius 3 is 2.38 bits per heavy atom. The number of rotatable bonds is 2. The lowest BCUT2D eigenvalue weighted by Gasteiger charge is -2.13. The van der Waals surface area contributed by atoms with Crippen molar-refractivity contribution in [3.8, 4) is 0 Å². The summed E-state index contributed by atoms with van der Waals surface area (Å²) >= 11 is 3.46. The third-order valence-electron chi connectivity index (χ3n) is 3.50. The van der Waals surface area contributed by atoms with Crippen molar-refractivity contribution < 1.29 is 0 Å². The molecule has 0 bridgehead atoms. The molecule has 0 saturated carbocycles. The Labute approximate surface area is 133 Å². The molecule has 3 heteroatoms. The number of pyridine rings is 1. The normalized spacial score (nSPS) is 10.9. The van der Waals surface area contributed by atoms with Crippen molar-refractivity contribution in [1.82, 2.24) is 4.98 Å². The van der Waals surface area contributed by atoms with Gasteiger partial charge < -0.3 is 5.32 Å². The zero-order valence-corrected chi connectivity index (χ0v) is 14.0. The number of hydrogen-bond acceptors (Lipinski definition) is 2. The molecule has 2 aromatic carbocycles. The van der Waals surface area contributed by atoms with Crippen molar-refractivity contribution in [1.29, 1.82) is 0 Å². The van der Waals surface area contributed by atoms with E-state index in [1.54, 1.807) is 0 Å². The van der Waals surface area contributed by atoms with Gasteiger partial charge in [-0.15, -0.1) is 0 Å². The fourth-order valence-electron chi connectivity index (χ4n) is 2.60. The average molecular weight is 341 g/mol. The number of halogens is 1. The van der Waals surface area contributed by atoms with Gasteiger partial charge in [0.15, 0.2) is 0 Å². The number of nitrogens with one attached hydrogen (secondary N) is 1. The van der Waals surface area contributed by atoms with Gasteiger partial charge in [0.1, 0.15) is 0 Å². The van der Waals surface area contributed by atoms with E-state index in [0.29, 0.717) is 0 Å². The number of aromatic nitrogens is 1. The lowest BCUT2D eigenvalue weighted by molar-refractivity contribution is 1.23. The maximum atomic E-state index is 4.69. The van der Waals surface area contributed by atoms with Crippen LogP contribution in [-0.4, -0.2) is 4.98 Å². The summed E-state index contributed by atoms with van der Waals surface area (Å²) in [7, 11) is 0. The number of hydrogen-bond donors (Lipinski definition) is 1. The monoisotopic (exact) mass is 340 g/mol. The van der Waals surface area contributed by atoms with Crippen LogP contribution < -0.4 is 5.32 Å². The van der Waals surface area contributed by atoms with E-state index in [1.165, 1.54) is 16.5 Å². The van der Waals surface area contributed by atoms with Crippen molar-refractivity contribution in [3.05, 3.63) is 63.8 Å². The predicted molar refractivity (Wildman–Crippen MR) is 93.4 cm³/mol. The molecular weight excluding hydrogens is 324 g/mol. The lowest BCUT2D eigenvalue weighted by atomic mass is 10.0. The number of anilines is 2. The molecular formula is C18H17BrN2. The Balaban J connectivity index is 2.15. The first-order chi connectivity index (χ1) is 10.0. The highest BCUT2D eigenvalue weighted by Gasteiger charge is 2.07. The fraction of sp³-hybridized carbons (Fsp3) is 0.167. The first-order valence-corrected chi connectivity index (χ1v) is 7.73. The molecule has 2 nitrogen and oxygen atoms in total. The van der Waals surface area contributed by atoms with Crippen LogP contribution in [0.2, 0.25) is 0 Å². The van der Waals surface area contributed by atoms with E-state index in [-0.39, 0.29) is 0 Å². The molecule has 0 saturated heterocycles. The molecule has 0 atom stereocenters. The number of nitrogens with zero attached hydrogens (tertiary/aromatic N) is 1. The van der Waals surface area contributed by atoms with Crippen LogP contribution in [0.4, 0.5) is 11.4 Å². The van der Waals surface area contributed by atoms with Gasteiger partial charge in [0.05, 0.1) is 5.52 Å². The molecule has 0 aliphatic heterocycles. The van der Waals surface area contributed by atoms with Crippen LogP contribution in [0.1, 0.15) is 16.8 Å². The van der Waals surface area contributed by atoms with Gasteiger partial charge in [0, 0.05) is 26.9 Å². The summed E-state index contributed by atoms with van der Waals surface area (Å²) in [4.78, 5) is 4.69. The molecule has 0 amide bonds. The molecule has 0 spiro atoms. The van der Waals surface area contributed by atoms with Crippen LogP contribution in [0.5, 0.6) is 0 Å². The summed E-state index contributed by atoms with van der Waals surface area (Å²) in [5, 5.41) is 4.68. The van der Waals surface area contributed by atoms with E-state index in [9.17, 15) is 0 Å². The van der Waals surface area contributed by atoms with E-state index in [2.05, 4.69) is 70.4 Å². The Morgan fingerprint density at radius 1 is 0.952 bits per heavy atom. The van der Waals surface area contributed by atoms with Gasteiger partial charge in [-0.3, -0.25) is 4.98 Å². The fourth-order valence-corrected chi connectivity index (χ4v) is 2.87. The van der Waals surface area contributed by atoms with Crippen molar-refractivity contribution >= 4 is 38.2 Å². The van der Waals surface area contributed by atoms with Crippen molar-refractivity contribution in [3.63, 3.8) is 0 Å². The van der Waals surface area contributed by atoms with Crippen LogP contribution in [0.3, 0.4) is 0 Å². The molecule has 0 aliphatic rings. The van der Waals surface area contributed by atoms with Crippen LogP contribution in [-0.2, 0) is 0 Å². The van der Waals surface area contributed by atoms with Gasteiger partial charge in [0.2, 0.25) is 0 Å². The summed E-state index contributed by atoms with van der Waals surface area (Å²) in [5.41, 5.74) is 6.74. The predicted octanol–water partition coefficient (Wildman–Crippen LogP) is 5.67. The van der Waals surface area contributed by atoms with Crippen LogP contribution in [0.15, 0.2) is 46.9 Å². The summed E-state index contributed by atoms with van der Waals surface area (Å²) in [5.74, 6) is 0. The second kappa shape index (κ2) is 5.49. The Morgan fingerprint density at radius 2 is 1.67 bits per heavy atom. The second-order valence-electron chi connectivity index (χ2n) is 5.42. The third-order valence-corrected chi connectivity index (χ3v) is 4.03. The molecule has 3 aromatic rings. The molecule has 21 heavy (non-hydrogen) atoms. The van der Waals surface area contributed by atoms with E-state index >= 15 is 0 Å². The molecule has 0 aliphatic carbocycles. The van der Waals surface area contributed by atoms with Gasteiger partial charge in [-0.25, -0.2) is 0 Å². The Hall–Kier alpha value is -1.87. The highest BCUT2D eigenvalue weighted by molar-refractivity contribution is 9.10. The van der Waals surface area contributed by atoms with Crippen molar-refractivity contribution in [2.75, 3.05) is 5.32 Å². The van der Waals surface area contributed by atoms with Gasteiger partial charge in [-0.1, -0.05) is 27.6 Å². The number of fused-ring (bicyclic) bond motifs is 1. The molecule has 0 radical (unpaired) electrons. The van der Waals surface area contributed by atoms with Crippen LogP contribution in [0, 0.1) is 20.8 Å². The van der Waals surface area contributed by atoms with Gasteiger partial charge in [-0.05, 0) is 62.7 Å². The van der Waals surface area contributed by atoms with E-state index in [4.69, 9.17) is 0 Å². The summed E-state index contributed by atoms with van der Waals surface area (Å²) < 4.78 is 1.08. The zero-order valence-electron chi connectivity index (χ0n) is 12.4. The summed E-state index contributed by atoms with van der Waals surface area (Å²) in [6, 6.07) is 14.7. The van der Waals surface area contributed by atoms with Gasteiger partial charge in [-0.2, -0.15) is 0 Å². The van der Waals surface area contributed by atoms with Crippen molar-refractivity contribution in [2.45, 2.75) is 20.8 Å². The third kappa shape index (κ3) is 2.93. The summed E-state index contributed by atoms with van der Waals surface area (Å²) in [6.07, 6.45) is 0. The number of benzene rings is 2. The molecule has 1 aromatic heterocycles. The minimum atomic E-state index is 1.02. The quantitative estimate of drug-likeness (QED) is 0.650. The minimum absolute atomic E-state index is 1.02. The second-order valence-corrected chi connectivity index (χ2v) is 6.34. The highest BCUT2D eigenvalue weighted by atomic mass is 79.9. The van der Waals surface area contributed by atoms with Crippen molar-refractivity contribution in [2.24, 2.45) is 0 Å². The van der Waals surface area contributed by atoms with Gasteiger partial charge in [0.25, 0.3) is 0 Å². The molecule has 3 rings (SSSR count). The van der Waals surface area contributed by atoms with Crippen LogP contribution in [0.25, 0.3) is 10.9 Å². The van der Waals surface area contributed by atoms with E-state index in [1.807, 2.05) is 19.1 Å². The van der Waals surface area contributed by atoms with E-state index in [0.717, 1.165) is 27.1 Å². The topological polar surface area (TPSA) is 24.9 Å². The van der Waals surface area contributed by atoms with Gasteiger partial charge >= 0.3 is 0 Å². The maximum Gasteiger partial charge on any atom is 0.0755 e. The first kappa shape index (κ1) is 14.1. The molecule has 106 valence electrons. The molecule has 1 heterocycles. The minimum Gasteiger partial charge on any atom is -0.355 e. The van der Waals surface area contributed by atoms with Crippen LogP contribution >= 0.6 is 15.9 Å². The number of aryl methyl sites for hydroxylation is 3. The molecule has 0 unspecified atom stereocenters. The highest BCUT2D eigenvalue weighted by Crippen LogP contribution is 2.29. The van der Waals surface area contributed by atoms with E-state index < -0.39 is 0 Å². The zero-order chi connectivity index (χ0) is 15.0. The smallest absolute Gasteiger partial charge is 0.0755 e. The molecule has 1 N–H and O–H groups in total. The average Bonchev–Trinajstić information content (AvgIpc) is 2.43. The SMILES string of the molecule is Cc1cc(C)c2nc(C)cc(Nc3ccc(Br)cc3)c2c1.